The van der Waals surface area contributed by atoms with Crippen LogP contribution in [-0.2, 0) is 6.42 Å². The molecular weight excluding hydrogens is 310 g/mol. The molecule has 0 saturated carbocycles. The van der Waals surface area contributed by atoms with Crippen molar-refractivity contribution in [2.24, 2.45) is 0 Å². The maximum absolute atomic E-state index is 9.04. The first-order chi connectivity index (χ1) is 8.69. The second kappa shape index (κ2) is 5.98. The second-order valence-electron chi connectivity index (χ2n) is 3.84. The van der Waals surface area contributed by atoms with Gasteiger partial charge in [-0.15, -0.1) is 11.3 Å². The predicted molar refractivity (Wildman–Crippen MR) is 77.9 cm³/mol. The fraction of sp³-hybridized carbons (Fsp3) is 0.231. The van der Waals surface area contributed by atoms with Gasteiger partial charge in [0.25, 0.3) is 0 Å². The Morgan fingerprint density at radius 2 is 2.33 bits per heavy atom. The number of aromatic nitrogens is 1. The molecule has 1 heterocycles. The van der Waals surface area contributed by atoms with Crippen molar-refractivity contribution in [1.82, 2.24) is 4.98 Å². The van der Waals surface area contributed by atoms with Gasteiger partial charge in [0.2, 0.25) is 0 Å². The number of thiazole rings is 1. The molecule has 0 fully saturated rings. The third-order valence-corrected chi connectivity index (χ3v) is 3.78. The lowest BCUT2D eigenvalue weighted by Crippen LogP contribution is -2.06. The van der Waals surface area contributed by atoms with Crippen LogP contribution in [0.4, 0.5) is 5.69 Å². The lowest BCUT2D eigenvalue weighted by molar-refractivity contribution is 0.968. The maximum Gasteiger partial charge on any atom is 0.101 e. The predicted octanol–water partition coefficient (Wildman–Crippen LogP) is 3.74. The van der Waals surface area contributed by atoms with E-state index in [0.717, 1.165) is 33.8 Å². The molecule has 3 nitrogen and oxygen atoms in total. The summed E-state index contributed by atoms with van der Waals surface area (Å²) in [5.41, 5.74) is 2.62. The van der Waals surface area contributed by atoms with Crippen LogP contribution in [0.2, 0.25) is 0 Å². The number of anilines is 1. The van der Waals surface area contributed by atoms with E-state index in [0.29, 0.717) is 5.56 Å². The average molecular weight is 322 g/mol. The van der Waals surface area contributed by atoms with Gasteiger partial charge < -0.3 is 5.32 Å². The van der Waals surface area contributed by atoms with E-state index in [4.69, 9.17) is 5.26 Å². The Morgan fingerprint density at radius 3 is 3.00 bits per heavy atom. The zero-order valence-electron chi connectivity index (χ0n) is 9.90. The third-order valence-electron chi connectivity index (χ3n) is 2.47. The minimum absolute atomic E-state index is 0.652. The summed E-state index contributed by atoms with van der Waals surface area (Å²) < 4.78 is 0.916. The number of rotatable bonds is 4. The van der Waals surface area contributed by atoms with Crippen LogP contribution in [-0.4, -0.2) is 11.5 Å². The molecule has 0 aliphatic heterocycles. The van der Waals surface area contributed by atoms with Crippen molar-refractivity contribution in [1.29, 1.82) is 5.26 Å². The summed E-state index contributed by atoms with van der Waals surface area (Å²) in [6, 6.07) is 7.84. The second-order valence-corrected chi connectivity index (χ2v) is 5.81. The van der Waals surface area contributed by atoms with E-state index in [1.807, 2.05) is 25.1 Å². The molecule has 92 valence electrons. The first-order valence-corrected chi connectivity index (χ1v) is 7.21. The largest absolute Gasteiger partial charge is 0.384 e. The number of benzene rings is 1. The number of nitrogens with one attached hydrogen (secondary N) is 1. The summed E-state index contributed by atoms with van der Waals surface area (Å²) in [6.07, 6.45) is 0.866. The molecule has 1 aromatic heterocycles. The summed E-state index contributed by atoms with van der Waals surface area (Å²) >= 11 is 5.02. The highest BCUT2D eigenvalue weighted by molar-refractivity contribution is 9.10. The summed E-state index contributed by atoms with van der Waals surface area (Å²) in [5, 5.41) is 15.5. The van der Waals surface area contributed by atoms with Crippen LogP contribution < -0.4 is 5.32 Å². The van der Waals surface area contributed by atoms with Crippen LogP contribution >= 0.6 is 27.3 Å². The molecule has 2 rings (SSSR count). The monoisotopic (exact) mass is 321 g/mol. The minimum Gasteiger partial charge on any atom is -0.384 e. The molecule has 0 spiro atoms. The molecule has 0 saturated heterocycles. The van der Waals surface area contributed by atoms with Gasteiger partial charge in [-0.3, -0.25) is 0 Å². The van der Waals surface area contributed by atoms with Gasteiger partial charge in [0.05, 0.1) is 22.0 Å². The van der Waals surface area contributed by atoms with E-state index in [1.165, 1.54) is 0 Å². The number of nitrogens with zero attached hydrogens (tertiary/aromatic N) is 2. The zero-order chi connectivity index (χ0) is 13.0. The smallest absolute Gasteiger partial charge is 0.101 e. The normalized spacial score (nSPS) is 10.1. The number of nitriles is 1. The SMILES string of the molecule is Cc1nc(CCNc2ccc(Br)cc2C#N)cs1. The Labute approximate surface area is 119 Å². The van der Waals surface area contributed by atoms with Crippen LogP contribution in [0, 0.1) is 18.3 Å². The summed E-state index contributed by atoms with van der Waals surface area (Å²) in [6.45, 7) is 2.78. The fourth-order valence-electron chi connectivity index (χ4n) is 1.61. The van der Waals surface area contributed by atoms with Crippen LogP contribution in [0.15, 0.2) is 28.1 Å². The van der Waals surface area contributed by atoms with Gasteiger partial charge in [0, 0.05) is 22.8 Å². The highest BCUT2D eigenvalue weighted by atomic mass is 79.9. The molecule has 0 bridgehead atoms. The molecule has 0 unspecified atom stereocenters. The van der Waals surface area contributed by atoms with E-state index in [2.05, 4.69) is 37.7 Å². The van der Waals surface area contributed by atoms with Gasteiger partial charge in [-0.1, -0.05) is 15.9 Å². The van der Waals surface area contributed by atoms with Gasteiger partial charge in [-0.2, -0.15) is 5.26 Å². The Balaban J connectivity index is 1.96. The van der Waals surface area contributed by atoms with Crippen molar-refractivity contribution < 1.29 is 0 Å². The summed E-state index contributed by atoms with van der Waals surface area (Å²) in [7, 11) is 0. The Morgan fingerprint density at radius 1 is 1.50 bits per heavy atom. The Bertz CT molecular complexity index is 586. The number of hydrogen-bond donors (Lipinski definition) is 1. The minimum atomic E-state index is 0.652. The molecule has 18 heavy (non-hydrogen) atoms. The third kappa shape index (κ3) is 3.31. The highest BCUT2D eigenvalue weighted by Crippen LogP contribution is 2.20. The molecule has 0 radical (unpaired) electrons. The molecule has 1 N–H and O–H groups in total. The lowest BCUT2D eigenvalue weighted by Gasteiger charge is -2.07. The van der Waals surface area contributed by atoms with Crippen molar-refractivity contribution in [3.8, 4) is 6.07 Å². The molecular formula is C13H12BrN3S. The lowest BCUT2D eigenvalue weighted by atomic mass is 10.2. The molecule has 2 aromatic rings. The topological polar surface area (TPSA) is 48.7 Å². The van der Waals surface area contributed by atoms with Gasteiger partial charge >= 0.3 is 0 Å². The highest BCUT2D eigenvalue weighted by Gasteiger charge is 2.03. The van der Waals surface area contributed by atoms with Crippen LogP contribution in [0.1, 0.15) is 16.3 Å². The van der Waals surface area contributed by atoms with E-state index in [-0.39, 0.29) is 0 Å². The van der Waals surface area contributed by atoms with Crippen LogP contribution in [0.25, 0.3) is 0 Å². The van der Waals surface area contributed by atoms with E-state index in [9.17, 15) is 0 Å². The summed E-state index contributed by atoms with van der Waals surface area (Å²) in [5.74, 6) is 0. The molecule has 0 aliphatic rings. The number of aryl methyl sites for hydroxylation is 1. The van der Waals surface area contributed by atoms with Crippen molar-refractivity contribution >= 4 is 33.0 Å². The van der Waals surface area contributed by atoms with Crippen molar-refractivity contribution in [2.45, 2.75) is 13.3 Å². The Kier molecular flexibility index (Phi) is 4.34. The molecule has 5 heteroatoms. The fourth-order valence-corrected chi connectivity index (χ4v) is 2.62. The molecule has 0 amide bonds. The maximum atomic E-state index is 9.04. The van der Waals surface area contributed by atoms with Gasteiger partial charge in [-0.05, 0) is 25.1 Å². The van der Waals surface area contributed by atoms with Crippen LogP contribution in [0.5, 0.6) is 0 Å². The molecule has 0 aliphatic carbocycles. The number of hydrogen-bond acceptors (Lipinski definition) is 4. The standard InChI is InChI=1S/C13H12BrN3S/c1-9-17-12(8-18-9)4-5-16-13-3-2-11(14)6-10(13)7-15/h2-3,6,8,16H,4-5H2,1H3. The average Bonchev–Trinajstić information content (AvgIpc) is 2.77. The van der Waals surface area contributed by atoms with Gasteiger partial charge in [0.1, 0.15) is 6.07 Å². The van der Waals surface area contributed by atoms with Gasteiger partial charge in [0.15, 0.2) is 0 Å². The zero-order valence-corrected chi connectivity index (χ0v) is 12.3. The van der Waals surface area contributed by atoms with Crippen molar-refractivity contribution in [3.05, 3.63) is 44.3 Å². The van der Waals surface area contributed by atoms with Crippen LogP contribution in [0.3, 0.4) is 0 Å². The van der Waals surface area contributed by atoms with E-state index < -0.39 is 0 Å². The summed E-state index contributed by atoms with van der Waals surface area (Å²) in [4.78, 5) is 4.40. The van der Waals surface area contributed by atoms with Gasteiger partial charge in [-0.25, -0.2) is 4.98 Å². The first-order valence-electron chi connectivity index (χ1n) is 5.53. The van der Waals surface area contributed by atoms with Crippen molar-refractivity contribution in [2.75, 3.05) is 11.9 Å². The number of halogens is 1. The first kappa shape index (κ1) is 13.1. The van der Waals surface area contributed by atoms with Crippen molar-refractivity contribution in [3.63, 3.8) is 0 Å². The van der Waals surface area contributed by atoms with E-state index >= 15 is 0 Å². The molecule has 0 atom stereocenters. The molecule has 1 aromatic carbocycles. The Hall–Kier alpha value is -1.38. The quantitative estimate of drug-likeness (QED) is 0.933. The van der Waals surface area contributed by atoms with E-state index in [1.54, 1.807) is 11.3 Å².